The summed E-state index contributed by atoms with van der Waals surface area (Å²) in [6.45, 7) is 0.330. The highest BCUT2D eigenvalue weighted by Crippen LogP contribution is 2.26. The van der Waals surface area contributed by atoms with Gasteiger partial charge in [0.25, 0.3) is 0 Å². The minimum Gasteiger partial charge on any atom is -0.366 e. The lowest BCUT2D eigenvalue weighted by Gasteiger charge is -2.16. The summed E-state index contributed by atoms with van der Waals surface area (Å²) < 4.78 is 65.8. The van der Waals surface area contributed by atoms with E-state index in [2.05, 4.69) is 9.50 Å². The molecule has 1 heterocycles. The standard InChI is InChI=1S/C6H10F3NO4S/c7-6(8,9)15(11,12)14-5-2-1-3-13-4-10-5/h5,10H,1-4H2. The van der Waals surface area contributed by atoms with Crippen molar-refractivity contribution >= 4 is 10.1 Å². The highest BCUT2D eigenvalue weighted by atomic mass is 32.2. The van der Waals surface area contributed by atoms with E-state index in [9.17, 15) is 21.6 Å². The fourth-order valence-electron chi connectivity index (χ4n) is 0.986. The Hall–Kier alpha value is -0.380. The molecule has 0 aromatic carbocycles. The maximum Gasteiger partial charge on any atom is 0.523 e. The Balaban J connectivity index is 2.60. The van der Waals surface area contributed by atoms with Crippen molar-refractivity contribution in [2.75, 3.05) is 13.3 Å². The van der Waals surface area contributed by atoms with Gasteiger partial charge >= 0.3 is 15.6 Å². The minimum atomic E-state index is -5.53. The maximum atomic E-state index is 11.9. The fourth-order valence-corrected chi connectivity index (χ4v) is 1.57. The predicted octanol–water partition coefficient (Wildman–Crippen LogP) is 0.536. The van der Waals surface area contributed by atoms with Gasteiger partial charge in [0.05, 0.1) is 6.73 Å². The van der Waals surface area contributed by atoms with Gasteiger partial charge in [-0.2, -0.15) is 21.6 Å². The summed E-state index contributed by atoms with van der Waals surface area (Å²) in [4.78, 5) is 0. The van der Waals surface area contributed by atoms with Crippen molar-refractivity contribution in [1.29, 1.82) is 0 Å². The first-order valence-corrected chi connectivity index (χ1v) is 5.54. The van der Waals surface area contributed by atoms with E-state index in [1.165, 1.54) is 0 Å². The number of hydrogen-bond donors (Lipinski definition) is 1. The van der Waals surface area contributed by atoms with Crippen molar-refractivity contribution in [3.8, 4) is 0 Å². The average molecular weight is 249 g/mol. The lowest BCUT2D eigenvalue weighted by Crippen LogP contribution is -2.37. The molecule has 0 aromatic rings. The van der Waals surface area contributed by atoms with E-state index in [-0.39, 0.29) is 13.2 Å². The Labute approximate surface area is 84.7 Å². The van der Waals surface area contributed by atoms with Crippen molar-refractivity contribution in [3.05, 3.63) is 0 Å². The van der Waals surface area contributed by atoms with Crippen molar-refractivity contribution in [3.63, 3.8) is 0 Å². The zero-order valence-electron chi connectivity index (χ0n) is 7.58. The first-order chi connectivity index (χ1) is 6.83. The van der Waals surface area contributed by atoms with Crippen LogP contribution in [0.5, 0.6) is 0 Å². The SMILES string of the molecule is O=S(=O)(OC1CCCOCN1)C(F)(F)F. The van der Waals surface area contributed by atoms with Crippen LogP contribution in [0, 0.1) is 0 Å². The Morgan fingerprint density at radius 2 is 2.07 bits per heavy atom. The third-order valence-corrected chi connectivity index (χ3v) is 2.75. The Bertz CT molecular complexity index is 294. The number of alkyl halides is 3. The van der Waals surface area contributed by atoms with Gasteiger partial charge in [-0.05, 0) is 12.8 Å². The van der Waals surface area contributed by atoms with E-state index >= 15 is 0 Å². The molecule has 5 nitrogen and oxygen atoms in total. The van der Waals surface area contributed by atoms with Gasteiger partial charge in [-0.3, -0.25) is 5.32 Å². The Morgan fingerprint density at radius 1 is 1.40 bits per heavy atom. The first-order valence-electron chi connectivity index (χ1n) is 4.13. The van der Waals surface area contributed by atoms with Gasteiger partial charge < -0.3 is 4.74 Å². The van der Waals surface area contributed by atoms with E-state index < -0.39 is 21.9 Å². The second-order valence-corrected chi connectivity index (χ2v) is 4.45. The third kappa shape index (κ3) is 3.59. The third-order valence-electron chi connectivity index (χ3n) is 1.69. The lowest BCUT2D eigenvalue weighted by atomic mass is 10.3. The number of rotatable bonds is 2. The van der Waals surface area contributed by atoms with Crippen LogP contribution in [-0.2, 0) is 19.0 Å². The smallest absolute Gasteiger partial charge is 0.366 e. The summed E-state index contributed by atoms with van der Waals surface area (Å²) in [6, 6.07) is 0. The summed E-state index contributed by atoms with van der Waals surface area (Å²) in [6.07, 6.45) is -0.598. The summed E-state index contributed by atoms with van der Waals surface area (Å²) in [5, 5.41) is 2.39. The Kier molecular flexibility index (Phi) is 3.93. The molecule has 0 bridgehead atoms. The van der Waals surface area contributed by atoms with Gasteiger partial charge in [0.1, 0.15) is 6.23 Å². The molecule has 0 saturated carbocycles. The molecule has 15 heavy (non-hydrogen) atoms. The van der Waals surface area contributed by atoms with E-state index in [1.54, 1.807) is 0 Å². The van der Waals surface area contributed by atoms with Crippen LogP contribution >= 0.6 is 0 Å². The van der Waals surface area contributed by atoms with Crippen LogP contribution in [-0.4, -0.2) is 33.5 Å². The number of halogens is 3. The molecule has 90 valence electrons. The van der Waals surface area contributed by atoms with Crippen LogP contribution in [0.25, 0.3) is 0 Å². The average Bonchev–Trinajstić information content (AvgIpc) is 2.30. The molecule has 1 atom stereocenters. The monoisotopic (exact) mass is 249 g/mol. The van der Waals surface area contributed by atoms with Crippen molar-refractivity contribution in [2.45, 2.75) is 24.6 Å². The normalized spacial score (nSPS) is 24.9. The lowest BCUT2D eigenvalue weighted by molar-refractivity contribution is -0.0592. The predicted molar refractivity (Wildman–Crippen MR) is 43.0 cm³/mol. The molecular formula is C6H10F3NO4S. The molecule has 0 amide bonds. The van der Waals surface area contributed by atoms with Gasteiger partial charge in [0.2, 0.25) is 0 Å². The quantitative estimate of drug-likeness (QED) is 0.571. The fraction of sp³-hybridized carbons (Fsp3) is 1.00. The summed E-state index contributed by atoms with van der Waals surface area (Å²) in [5.74, 6) is 0. The number of nitrogens with one attached hydrogen (secondary N) is 1. The molecule has 1 fully saturated rings. The van der Waals surface area contributed by atoms with Crippen LogP contribution < -0.4 is 5.32 Å². The summed E-state index contributed by atoms with van der Waals surface area (Å²) in [5.41, 5.74) is -5.39. The van der Waals surface area contributed by atoms with Crippen molar-refractivity contribution in [1.82, 2.24) is 5.32 Å². The molecule has 1 rings (SSSR count). The summed E-state index contributed by atoms with van der Waals surface area (Å²) >= 11 is 0. The largest absolute Gasteiger partial charge is 0.523 e. The van der Waals surface area contributed by atoms with Crippen LogP contribution in [0.1, 0.15) is 12.8 Å². The van der Waals surface area contributed by atoms with Crippen LogP contribution in [0.2, 0.25) is 0 Å². The van der Waals surface area contributed by atoms with Gasteiger partial charge in [-0.15, -0.1) is 0 Å². The van der Waals surface area contributed by atoms with Crippen LogP contribution in [0.3, 0.4) is 0 Å². The van der Waals surface area contributed by atoms with Crippen LogP contribution in [0.4, 0.5) is 13.2 Å². The van der Waals surface area contributed by atoms with Gasteiger partial charge in [-0.1, -0.05) is 0 Å². The van der Waals surface area contributed by atoms with E-state index in [0.717, 1.165) is 0 Å². The van der Waals surface area contributed by atoms with E-state index in [4.69, 9.17) is 4.74 Å². The second-order valence-electron chi connectivity index (χ2n) is 2.88. The zero-order chi connectivity index (χ0) is 11.5. The van der Waals surface area contributed by atoms with Crippen LogP contribution in [0.15, 0.2) is 0 Å². The molecule has 0 aromatic heterocycles. The van der Waals surface area contributed by atoms with Gasteiger partial charge in [0.15, 0.2) is 0 Å². The molecule has 9 heteroatoms. The first kappa shape index (κ1) is 12.7. The van der Waals surface area contributed by atoms with Crippen molar-refractivity contribution < 1.29 is 30.5 Å². The van der Waals surface area contributed by atoms with Crippen molar-refractivity contribution in [2.24, 2.45) is 0 Å². The van der Waals surface area contributed by atoms with E-state index in [1.807, 2.05) is 0 Å². The maximum absolute atomic E-state index is 11.9. The zero-order valence-corrected chi connectivity index (χ0v) is 8.40. The molecular weight excluding hydrogens is 239 g/mol. The molecule has 1 N–H and O–H groups in total. The molecule has 1 saturated heterocycles. The number of ether oxygens (including phenoxy) is 1. The van der Waals surface area contributed by atoms with Gasteiger partial charge in [0, 0.05) is 6.61 Å². The highest BCUT2D eigenvalue weighted by Gasteiger charge is 2.48. The summed E-state index contributed by atoms with van der Waals surface area (Å²) in [7, 11) is -5.53. The molecule has 0 radical (unpaired) electrons. The topological polar surface area (TPSA) is 64.6 Å². The molecule has 0 spiro atoms. The molecule has 1 aliphatic heterocycles. The molecule has 1 aliphatic rings. The Morgan fingerprint density at radius 3 is 2.67 bits per heavy atom. The minimum absolute atomic E-state index is 0.0297. The molecule has 1 unspecified atom stereocenters. The number of hydrogen-bond acceptors (Lipinski definition) is 5. The highest BCUT2D eigenvalue weighted by molar-refractivity contribution is 7.87. The van der Waals surface area contributed by atoms with E-state index in [0.29, 0.717) is 13.0 Å². The molecule has 0 aliphatic carbocycles. The van der Waals surface area contributed by atoms with Gasteiger partial charge in [-0.25, -0.2) is 4.18 Å². The second kappa shape index (κ2) is 4.64.